The number of esters is 1. The zero-order valence-corrected chi connectivity index (χ0v) is 32.3. The molecule has 0 radical (unpaired) electrons. The van der Waals surface area contributed by atoms with Crippen LogP contribution in [0.2, 0.25) is 0 Å². The van der Waals surface area contributed by atoms with E-state index in [0.717, 1.165) is 68.4 Å². The van der Waals surface area contributed by atoms with Crippen molar-refractivity contribution in [2.75, 3.05) is 46.3 Å². The minimum atomic E-state index is -0.761. The normalized spacial score (nSPS) is 20.8. The van der Waals surface area contributed by atoms with Gasteiger partial charge in [0.1, 0.15) is 11.9 Å². The molecule has 4 aliphatic rings. The Kier molecular flexibility index (Phi) is 12.2. The number of piperidine rings is 4. The first kappa shape index (κ1) is 39.2. The number of amides is 2. The Morgan fingerprint density at radius 3 is 2.25 bits per heavy atom. The maximum absolute atomic E-state index is 14.0. The van der Waals surface area contributed by atoms with E-state index in [0.29, 0.717) is 61.3 Å². The minimum absolute atomic E-state index is 0.0145. The van der Waals surface area contributed by atoms with Gasteiger partial charge >= 0.3 is 5.97 Å². The number of phenols is 1. The van der Waals surface area contributed by atoms with Crippen molar-refractivity contribution in [2.45, 2.75) is 81.8 Å². The standard InChI is InChI=1S/C45H54N4O7/c1-47(23-7-3-6-10-37(50)35-15-17-38(51)43-36(35)16-18-40(52)46-43)41(53)28-31-11-13-32(14-12-31)29-42(54)49-26-21-45(22-27-49,34-8-4-2-5-9-34)44(55)56-39-30-48-24-19-33(39)20-25-48/h2,4-5,8-9,11-18,33,37,39,50-51H,3,6-7,10,19-30H2,1H3,(H,46,52)/t37-,39-/m0/s1. The fraction of sp³-hybridized carbons (Fsp3) is 0.467. The van der Waals surface area contributed by atoms with Crippen LogP contribution in [0.15, 0.2) is 83.7 Å². The van der Waals surface area contributed by atoms with Crippen molar-refractivity contribution in [2.24, 2.45) is 5.92 Å². The Balaban J connectivity index is 0.845. The van der Waals surface area contributed by atoms with Crippen LogP contribution in [-0.2, 0) is 37.4 Å². The number of nitrogens with one attached hydrogen (secondary N) is 1. The molecule has 3 aromatic carbocycles. The summed E-state index contributed by atoms with van der Waals surface area (Å²) in [7, 11) is 1.80. The largest absolute Gasteiger partial charge is 0.506 e. The van der Waals surface area contributed by atoms with Crippen LogP contribution < -0.4 is 5.56 Å². The van der Waals surface area contributed by atoms with Crippen LogP contribution in [0.25, 0.3) is 10.9 Å². The Morgan fingerprint density at radius 2 is 1.57 bits per heavy atom. The van der Waals surface area contributed by atoms with Gasteiger partial charge in [0.15, 0.2) is 0 Å². The number of aromatic amines is 1. The monoisotopic (exact) mass is 762 g/mol. The highest BCUT2D eigenvalue weighted by Crippen LogP contribution is 2.39. The van der Waals surface area contributed by atoms with Gasteiger partial charge in [-0.3, -0.25) is 24.1 Å². The van der Waals surface area contributed by atoms with E-state index in [2.05, 4.69) is 9.88 Å². The lowest BCUT2D eigenvalue weighted by Gasteiger charge is -2.46. The van der Waals surface area contributed by atoms with E-state index >= 15 is 0 Å². The summed E-state index contributed by atoms with van der Waals surface area (Å²) < 4.78 is 6.30. The maximum Gasteiger partial charge on any atom is 0.317 e. The summed E-state index contributed by atoms with van der Waals surface area (Å²) in [5.41, 5.74) is 2.64. The second-order valence-electron chi connectivity index (χ2n) is 16.0. The zero-order valence-electron chi connectivity index (χ0n) is 32.3. The van der Waals surface area contributed by atoms with E-state index in [1.165, 1.54) is 12.1 Å². The van der Waals surface area contributed by atoms with E-state index in [1.54, 1.807) is 24.1 Å². The maximum atomic E-state index is 14.0. The summed E-state index contributed by atoms with van der Waals surface area (Å²) in [5.74, 6) is 0.293. The van der Waals surface area contributed by atoms with E-state index in [-0.39, 0.29) is 48.0 Å². The number of ether oxygens (including phenoxy) is 1. The molecule has 3 N–H and O–H groups in total. The lowest BCUT2D eigenvalue weighted by Crippen LogP contribution is -2.55. The molecule has 2 atom stereocenters. The number of carbonyl (C=O) groups is 3. The fourth-order valence-corrected chi connectivity index (χ4v) is 8.86. The zero-order chi connectivity index (χ0) is 39.2. The number of aromatic hydroxyl groups is 1. The highest BCUT2D eigenvalue weighted by Gasteiger charge is 2.47. The van der Waals surface area contributed by atoms with E-state index in [9.17, 15) is 29.4 Å². The van der Waals surface area contributed by atoms with Gasteiger partial charge in [0.25, 0.3) is 0 Å². The molecule has 5 heterocycles. The molecule has 4 aliphatic heterocycles. The molecular weight excluding hydrogens is 709 g/mol. The summed E-state index contributed by atoms with van der Waals surface area (Å²) >= 11 is 0. The number of aromatic nitrogens is 1. The van der Waals surface area contributed by atoms with Crippen molar-refractivity contribution in [1.29, 1.82) is 0 Å². The third-order valence-electron chi connectivity index (χ3n) is 12.4. The first-order valence-corrected chi connectivity index (χ1v) is 20.2. The molecule has 1 aromatic heterocycles. The van der Waals surface area contributed by atoms with Crippen molar-refractivity contribution in [3.63, 3.8) is 0 Å². The number of H-pyrrole nitrogens is 1. The molecule has 4 fully saturated rings. The van der Waals surface area contributed by atoms with Crippen molar-refractivity contribution in [3.05, 3.63) is 111 Å². The van der Waals surface area contributed by atoms with Crippen molar-refractivity contribution < 1.29 is 29.3 Å². The number of benzene rings is 3. The molecule has 56 heavy (non-hydrogen) atoms. The molecule has 0 unspecified atom stereocenters. The summed E-state index contributed by atoms with van der Waals surface area (Å²) in [6.45, 7) is 4.57. The van der Waals surface area contributed by atoms with Crippen LogP contribution in [0, 0.1) is 5.92 Å². The Labute approximate surface area is 328 Å². The molecule has 4 saturated heterocycles. The first-order chi connectivity index (χ1) is 27.1. The van der Waals surface area contributed by atoms with Gasteiger partial charge in [-0.25, -0.2) is 0 Å². The first-order valence-electron chi connectivity index (χ1n) is 20.2. The topological polar surface area (TPSA) is 143 Å². The van der Waals surface area contributed by atoms with Crippen LogP contribution in [-0.4, -0.2) is 100 Å². The number of carbonyl (C=O) groups excluding carboxylic acids is 3. The lowest BCUT2D eigenvalue weighted by molar-refractivity contribution is -0.168. The summed E-state index contributed by atoms with van der Waals surface area (Å²) in [5, 5.41) is 21.6. The van der Waals surface area contributed by atoms with Crippen molar-refractivity contribution >= 4 is 28.7 Å². The number of likely N-dealkylation sites (N-methyl/N-ethyl adjacent to an activating group) is 1. The second kappa shape index (κ2) is 17.4. The third-order valence-corrected chi connectivity index (χ3v) is 12.4. The number of pyridine rings is 1. The molecule has 0 aliphatic carbocycles. The molecular formula is C45H54N4O7. The number of phenolic OH excluding ortho intramolecular Hbond substituents is 1. The van der Waals surface area contributed by atoms with Gasteiger partial charge in [-0.05, 0) is 91.9 Å². The van der Waals surface area contributed by atoms with Crippen molar-refractivity contribution in [3.8, 4) is 5.75 Å². The van der Waals surface area contributed by atoms with Gasteiger partial charge in [0, 0.05) is 44.7 Å². The number of unbranched alkanes of at least 4 members (excludes halogenated alkanes) is 2. The Bertz CT molecular complexity index is 2050. The van der Waals surface area contributed by atoms with Crippen LogP contribution in [0.3, 0.4) is 0 Å². The van der Waals surface area contributed by atoms with E-state index in [1.807, 2.05) is 59.5 Å². The summed E-state index contributed by atoms with van der Waals surface area (Å²) in [6, 6.07) is 23.8. The third kappa shape index (κ3) is 8.84. The highest BCUT2D eigenvalue weighted by molar-refractivity contribution is 5.87. The second-order valence-corrected chi connectivity index (χ2v) is 16.0. The number of aliphatic hydroxyl groups excluding tert-OH is 1. The quantitative estimate of drug-likeness (QED) is 0.117. The van der Waals surface area contributed by atoms with Crippen LogP contribution >= 0.6 is 0 Å². The molecule has 11 nitrogen and oxygen atoms in total. The van der Waals surface area contributed by atoms with Crippen LogP contribution in [0.4, 0.5) is 0 Å². The average molecular weight is 763 g/mol. The number of hydrogen-bond acceptors (Lipinski definition) is 8. The molecule has 2 bridgehead atoms. The lowest BCUT2D eigenvalue weighted by atomic mass is 9.72. The highest BCUT2D eigenvalue weighted by atomic mass is 16.5. The molecule has 11 heteroatoms. The van der Waals surface area contributed by atoms with Crippen molar-refractivity contribution in [1.82, 2.24) is 19.7 Å². The summed E-state index contributed by atoms with van der Waals surface area (Å²) in [6.07, 6.45) is 5.85. The molecule has 0 spiro atoms. The van der Waals surface area contributed by atoms with Gasteiger partial charge in [-0.1, -0.05) is 73.5 Å². The number of likely N-dealkylation sites (tertiary alicyclic amines) is 1. The number of aliphatic hydroxyl groups is 1. The summed E-state index contributed by atoms with van der Waals surface area (Å²) in [4.78, 5) is 60.8. The van der Waals surface area contributed by atoms with Gasteiger partial charge in [0.05, 0.1) is 29.9 Å². The SMILES string of the molecule is CN(CCCCC[C@H](O)c1ccc(O)c2[nH]c(=O)ccc12)C(=O)Cc1ccc(CC(=O)N2CCC(C(=O)O[C@H]3CN4CCC3CC4)(c3ccccc3)CC2)cc1. The van der Waals surface area contributed by atoms with E-state index < -0.39 is 11.5 Å². The predicted molar refractivity (Wildman–Crippen MR) is 214 cm³/mol. The van der Waals surface area contributed by atoms with Crippen LogP contribution in [0.5, 0.6) is 5.75 Å². The van der Waals surface area contributed by atoms with Crippen LogP contribution in [0.1, 0.15) is 79.7 Å². The minimum Gasteiger partial charge on any atom is -0.506 e. The molecule has 4 aromatic rings. The smallest absolute Gasteiger partial charge is 0.317 e. The van der Waals surface area contributed by atoms with E-state index in [4.69, 9.17) is 4.74 Å². The Hall–Kier alpha value is -5.00. The average Bonchev–Trinajstić information content (AvgIpc) is 3.22. The van der Waals surface area contributed by atoms with Gasteiger partial charge in [0.2, 0.25) is 17.4 Å². The predicted octanol–water partition coefficient (Wildman–Crippen LogP) is 5.27. The number of fused-ring (bicyclic) bond motifs is 4. The van der Waals surface area contributed by atoms with Gasteiger partial charge < -0.3 is 29.7 Å². The van der Waals surface area contributed by atoms with Gasteiger partial charge in [-0.15, -0.1) is 0 Å². The molecule has 2 amide bonds. The fourth-order valence-electron chi connectivity index (χ4n) is 8.86. The number of nitrogens with zero attached hydrogens (tertiary/aromatic N) is 3. The molecule has 0 saturated carbocycles. The molecule has 296 valence electrons. The number of rotatable bonds is 14. The number of hydrogen-bond donors (Lipinski definition) is 3. The Morgan fingerprint density at radius 1 is 0.875 bits per heavy atom. The van der Waals surface area contributed by atoms with Gasteiger partial charge in [-0.2, -0.15) is 0 Å². The molecule has 8 rings (SSSR count).